The van der Waals surface area contributed by atoms with Gasteiger partial charge in [0.25, 0.3) is 7.82 Å². The van der Waals surface area contributed by atoms with Gasteiger partial charge in [0.05, 0.1) is 33.8 Å². The Labute approximate surface area is 451 Å². The van der Waals surface area contributed by atoms with E-state index >= 15 is 0 Å². The Morgan fingerprint density at radius 2 is 0.836 bits per heavy atom. The summed E-state index contributed by atoms with van der Waals surface area (Å²) in [5.74, 6) is -0.557. The Morgan fingerprint density at radius 3 is 1.29 bits per heavy atom. The molecular formula is C63H117N2O7P. The number of phosphoric ester groups is 1. The van der Waals surface area contributed by atoms with Crippen molar-refractivity contribution in [2.75, 3.05) is 40.9 Å². The number of nitrogens with zero attached hydrogens (tertiary/aromatic N) is 1. The smallest absolute Gasteiger partial charge is 0.306 e. The van der Waals surface area contributed by atoms with Gasteiger partial charge in [-0.15, -0.1) is 0 Å². The van der Waals surface area contributed by atoms with E-state index in [0.29, 0.717) is 23.9 Å². The van der Waals surface area contributed by atoms with Gasteiger partial charge < -0.3 is 28.5 Å². The first-order valence-electron chi connectivity index (χ1n) is 30.6. The van der Waals surface area contributed by atoms with Crippen molar-refractivity contribution in [1.82, 2.24) is 5.32 Å². The first-order chi connectivity index (χ1) is 35.4. The third-order valence-corrected chi connectivity index (χ3v) is 14.4. The number of hydrogen-bond donors (Lipinski definition) is 1. The van der Waals surface area contributed by atoms with Crippen LogP contribution in [-0.2, 0) is 27.9 Å². The van der Waals surface area contributed by atoms with Crippen molar-refractivity contribution in [2.45, 2.75) is 290 Å². The molecule has 426 valence electrons. The van der Waals surface area contributed by atoms with Crippen molar-refractivity contribution in [1.29, 1.82) is 0 Å². The molecule has 0 rings (SSSR count). The van der Waals surface area contributed by atoms with Crippen LogP contribution < -0.4 is 10.2 Å². The van der Waals surface area contributed by atoms with Crippen LogP contribution in [0.3, 0.4) is 0 Å². The third-order valence-electron chi connectivity index (χ3n) is 13.4. The lowest BCUT2D eigenvalue weighted by Crippen LogP contribution is -2.47. The van der Waals surface area contributed by atoms with Crippen LogP contribution in [0.4, 0.5) is 0 Å². The lowest BCUT2D eigenvalue weighted by molar-refractivity contribution is -0.870. The molecule has 0 aliphatic rings. The number of rotatable bonds is 55. The van der Waals surface area contributed by atoms with Crippen LogP contribution in [0.2, 0.25) is 0 Å². The number of quaternary nitrogens is 1. The topological polar surface area (TPSA) is 114 Å². The predicted molar refractivity (Wildman–Crippen MR) is 312 cm³/mol. The van der Waals surface area contributed by atoms with Crippen molar-refractivity contribution in [2.24, 2.45) is 0 Å². The molecule has 0 radical (unpaired) electrons. The van der Waals surface area contributed by atoms with Crippen molar-refractivity contribution in [3.05, 3.63) is 60.8 Å². The molecule has 0 saturated heterocycles. The van der Waals surface area contributed by atoms with E-state index in [-0.39, 0.29) is 24.9 Å². The third kappa shape index (κ3) is 54.3. The molecule has 9 nitrogen and oxygen atoms in total. The number of amides is 1. The molecule has 1 N–H and O–H groups in total. The van der Waals surface area contributed by atoms with Crippen molar-refractivity contribution in [3.8, 4) is 0 Å². The minimum absolute atomic E-state index is 0.0264. The van der Waals surface area contributed by atoms with Crippen molar-refractivity contribution < 1.29 is 37.3 Å². The van der Waals surface area contributed by atoms with Crippen LogP contribution in [0, 0.1) is 0 Å². The highest BCUT2D eigenvalue weighted by molar-refractivity contribution is 7.45. The average Bonchev–Trinajstić information content (AvgIpc) is 3.35. The first kappa shape index (κ1) is 70.7. The molecule has 0 bridgehead atoms. The zero-order valence-corrected chi connectivity index (χ0v) is 49.5. The number of phosphoric acid groups is 1. The van der Waals surface area contributed by atoms with Crippen LogP contribution >= 0.6 is 7.82 Å². The van der Waals surface area contributed by atoms with Crippen LogP contribution in [-0.4, -0.2) is 69.4 Å². The normalized spacial score (nSPS) is 14.1. The fourth-order valence-electron chi connectivity index (χ4n) is 8.64. The molecule has 73 heavy (non-hydrogen) atoms. The Morgan fingerprint density at radius 1 is 0.479 bits per heavy atom. The average molecular weight is 1050 g/mol. The Bertz CT molecular complexity index is 1440. The fourth-order valence-corrected chi connectivity index (χ4v) is 9.36. The number of carbonyl (C=O) groups is 2. The van der Waals surface area contributed by atoms with Crippen LogP contribution in [0.5, 0.6) is 0 Å². The number of hydrogen-bond acceptors (Lipinski definition) is 7. The molecule has 10 heteroatoms. The van der Waals surface area contributed by atoms with Gasteiger partial charge in [0, 0.05) is 12.8 Å². The molecule has 0 aliphatic heterocycles. The lowest BCUT2D eigenvalue weighted by Gasteiger charge is -2.30. The maximum Gasteiger partial charge on any atom is 0.306 e. The van der Waals surface area contributed by atoms with Gasteiger partial charge in [0.1, 0.15) is 19.3 Å². The largest absolute Gasteiger partial charge is 0.756 e. The summed E-state index contributed by atoms with van der Waals surface area (Å²) in [6, 6.07) is -0.896. The second-order valence-electron chi connectivity index (χ2n) is 21.8. The summed E-state index contributed by atoms with van der Waals surface area (Å²) >= 11 is 0. The monoisotopic (exact) mass is 1040 g/mol. The summed E-state index contributed by atoms with van der Waals surface area (Å²) in [6.07, 6.45) is 66.1. The van der Waals surface area contributed by atoms with E-state index in [2.05, 4.69) is 74.7 Å². The summed E-state index contributed by atoms with van der Waals surface area (Å²) in [6.45, 7) is 6.80. The minimum atomic E-state index is -4.70. The van der Waals surface area contributed by atoms with Gasteiger partial charge in [-0.05, 0) is 96.0 Å². The summed E-state index contributed by atoms with van der Waals surface area (Å²) in [5, 5.41) is 3.02. The highest BCUT2D eigenvalue weighted by atomic mass is 31.2. The second-order valence-corrected chi connectivity index (χ2v) is 23.3. The molecule has 0 aromatic heterocycles. The molecule has 3 atom stereocenters. The predicted octanol–water partition coefficient (Wildman–Crippen LogP) is 18.0. The molecular weight excluding hydrogens is 928 g/mol. The zero-order chi connectivity index (χ0) is 53.6. The van der Waals surface area contributed by atoms with Gasteiger partial charge in [-0.1, -0.05) is 230 Å². The summed E-state index contributed by atoms with van der Waals surface area (Å²) in [5.41, 5.74) is 0. The van der Waals surface area contributed by atoms with E-state index in [4.69, 9.17) is 13.8 Å². The quantitative estimate of drug-likeness (QED) is 0.0212. The highest BCUT2D eigenvalue weighted by Crippen LogP contribution is 2.38. The lowest BCUT2D eigenvalue weighted by atomic mass is 10.1. The summed E-state index contributed by atoms with van der Waals surface area (Å²) < 4.78 is 30.3. The maximum absolute atomic E-state index is 13.5. The van der Waals surface area contributed by atoms with E-state index in [1.54, 1.807) is 0 Å². The van der Waals surface area contributed by atoms with E-state index < -0.39 is 26.6 Å². The highest BCUT2D eigenvalue weighted by Gasteiger charge is 2.27. The Hall–Kier alpha value is -2.29. The molecule has 0 aromatic carbocycles. The molecule has 0 saturated carbocycles. The Kier molecular flexibility index (Phi) is 51.5. The molecule has 3 unspecified atom stereocenters. The number of unbranched alkanes of at least 4 members (excludes halogenated alkanes) is 31. The molecule has 0 aromatic rings. The fraction of sp³-hybridized carbons (Fsp3) is 0.810. The first-order valence-corrected chi connectivity index (χ1v) is 32.1. The van der Waals surface area contributed by atoms with Crippen LogP contribution in [0.15, 0.2) is 60.8 Å². The number of allylic oxidation sites excluding steroid dienone is 9. The molecule has 0 heterocycles. The van der Waals surface area contributed by atoms with E-state index in [1.807, 2.05) is 33.3 Å². The van der Waals surface area contributed by atoms with Gasteiger partial charge in [-0.25, -0.2) is 0 Å². The molecule has 0 spiro atoms. The molecule has 1 amide bonds. The SMILES string of the molecule is CCCCC/C=C\C/C=C\C/C=C\CCCCCCCCC(=O)OC(/C=C/CCCCCCCCCCC)C(COP(=O)([O-])OCC[N+](C)(C)C)NC(=O)CCCCCCCCC/C=C/CCCCCCCC. The van der Waals surface area contributed by atoms with Crippen LogP contribution in [0.1, 0.15) is 278 Å². The van der Waals surface area contributed by atoms with Crippen LogP contribution in [0.25, 0.3) is 0 Å². The van der Waals surface area contributed by atoms with Gasteiger partial charge in [0.2, 0.25) is 5.91 Å². The number of esters is 1. The number of likely N-dealkylation sites (N-methyl/N-ethyl adjacent to an activating group) is 1. The number of nitrogens with one attached hydrogen (secondary N) is 1. The van der Waals surface area contributed by atoms with Gasteiger partial charge in [-0.3, -0.25) is 14.2 Å². The Balaban J connectivity index is 5.27. The van der Waals surface area contributed by atoms with E-state index in [1.165, 1.54) is 148 Å². The molecule has 0 fully saturated rings. The van der Waals surface area contributed by atoms with Gasteiger partial charge in [0.15, 0.2) is 0 Å². The summed E-state index contributed by atoms with van der Waals surface area (Å²) in [4.78, 5) is 39.9. The van der Waals surface area contributed by atoms with Gasteiger partial charge in [-0.2, -0.15) is 0 Å². The van der Waals surface area contributed by atoms with Gasteiger partial charge >= 0.3 is 5.97 Å². The number of ether oxygens (including phenoxy) is 1. The molecule has 0 aliphatic carbocycles. The summed E-state index contributed by atoms with van der Waals surface area (Å²) in [7, 11) is 1.17. The second kappa shape index (κ2) is 53.1. The van der Waals surface area contributed by atoms with E-state index in [9.17, 15) is 19.0 Å². The van der Waals surface area contributed by atoms with E-state index in [0.717, 1.165) is 89.9 Å². The van der Waals surface area contributed by atoms with Crippen molar-refractivity contribution >= 4 is 19.7 Å². The maximum atomic E-state index is 13.5. The zero-order valence-electron chi connectivity index (χ0n) is 48.6. The standard InChI is InChI=1S/C63H117N2O7P/c1-7-10-13-16-19-22-25-27-29-31-32-34-36-38-41-44-47-50-53-56-63(67)72-61(54-51-48-45-42-39-24-21-18-15-12-9-3)60(59-71-73(68,69)70-58-57-65(4,5)6)64-62(66)55-52-49-46-43-40-37-35-33-30-28-26-23-20-17-14-11-8-2/h19,22,27-30,32,34,51,54,60-61H,7-18,20-21,23-26,31,33,35-50,52-53,55-59H2,1-6H3,(H-,64,66,68,69)/b22-19-,29-27-,30-28+,34-32-,54-51+. The van der Waals surface area contributed by atoms with Crippen molar-refractivity contribution in [3.63, 3.8) is 0 Å². The minimum Gasteiger partial charge on any atom is -0.756 e. The number of carbonyl (C=O) groups excluding carboxylic acids is 2.